The van der Waals surface area contributed by atoms with Gasteiger partial charge in [0.1, 0.15) is 11.4 Å². The lowest BCUT2D eigenvalue weighted by molar-refractivity contribution is 0.0292. The first-order valence-corrected chi connectivity index (χ1v) is 9.83. The van der Waals surface area contributed by atoms with E-state index in [9.17, 15) is 4.79 Å². The SMILES string of the molecule is COc1ccc(C(=O)N2CCC3(CC2)Oc2ccccc2C(N)=C3C=N)cc1OC. The van der Waals surface area contributed by atoms with Crippen LogP contribution in [0.5, 0.6) is 17.2 Å². The highest BCUT2D eigenvalue weighted by atomic mass is 16.5. The number of carbonyl (C=O) groups is 1. The van der Waals surface area contributed by atoms with E-state index in [0.717, 1.165) is 11.3 Å². The molecule has 4 rings (SSSR count). The third kappa shape index (κ3) is 3.16. The molecule has 7 heteroatoms. The van der Waals surface area contributed by atoms with Gasteiger partial charge in [0.25, 0.3) is 5.91 Å². The molecule has 0 unspecified atom stereocenters. The number of fused-ring (bicyclic) bond motifs is 1. The number of nitrogens with zero attached hydrogens (tertiary/aromatic N) is 1. The number of ether oxygens (including phenoxy) is 3. The summed E-state index contributed by atoms with van der Waals surface area (Å²) < 4.78 is 16.9. The van der Waals surface area contributed by atoms with Gasteiger partial charge in [0.2, 0.25) is 0 Å². The molecule has 156 valence electrons. The van der Waals surface area contributed by atoms with Gasteiger partial charge in [0, 0.05) is 48.8 Å². The van der Waals surface area contributed by atoms with E-state index in [1.54, 1.807) is 37.3 Å². The molecule has 0 bridgehead atoms. The van der Waals surface area contributed by atoms with Crippen molar-refractivity contribution in [2.45, 2.75) is 18.4 Å². The first kappa shape index (κ1) is 19.8. The molecule has 1 amide bonds. The van der Waals surface area contributed by atoms with E-state index in [1.165, 1.54) is 6.21 Å². The molecule has 2 aliphatic rings. The number of nitrogens with one attached hydrogen (secondary N) is 1. The lowest BCUT2D eigenvalue weighted by Gasteiger charge is -2.45. The zero-order valence-corrected chi connectivity index (χ0v) is 17.1. The summed E-state index contributed by atoms with van der Waals surface area (Å²) in [6.45, 7) is 1.000. The van der Waals surface area contributed by atoms with Crippen LogP contribution in [0.4, 0.5) is 0 Å². The van der Waals surface area contributed by atoms with Crippen molar-refractivity contribution in [3.05, 3.63) is 59.2 Å². The minimum absolute atomic E-state index is 0.0737. The van der Waals surface area contributed by atoms with Crippen molar-refractivity contribution < 1.29 is 19.0 Å². The molecule has 7 nitrogen and oxygen atoms in total. The summed E-state index contributed by atoms with van der Waals surface area (Å²) in [4.78, 5) is 14.9. The first-order chi connectivity index (χ1) is 14.5. The molecule has 1 spiro atoms. The number of benzene rings is 2. The molecule has 0 aliphatic carbocycles. The maximum Gasteiger partial charge on any atom is 0.253 e. The molecule has 2 aromatic rings. The van der Waals surface area contributed by atoms with E-state index in [2.05, 4.69) is 0 Å². The Bertz CT molecular complexity index is 1020. The smallest absolute Gasteiger partial charge is 0.253 e. The van der Waals surface area contributed by atoms with Crippen molar-refractivity contribution >= 4 is 17.8 Å². The summed E-state index contributed by atoms with van der Waals surface area (Å²) >= 11 is 0. The van der Waals surface area contributed by atoms with Gasteiger partial charge in [0.15, 0.2) is 11.5 Å². The molecule has 0 saturated carbocycles. The molecule has 30 heavy (non-hydrogen) atoms. The van der Waals surface area contributed by atoms with E-state index >= 15 is 0 Å². The third-order valence-electron chi connectivity index (χ3n) is 5.90. The fourth-order valence-corrected chi connectivity index (χ4v) is 4.24. The van der Waals surface area contributed by atoms with Crippen LogP contribution in [-0.2, 0) is 0 Å². The predicted molar refractivity (Wildman–Crippen MR) is 114 cm³/mol. The van der Waals surface area contributed by atoms with Crippen molar-refractivity contribution in [3.63, 3.8) is 0 Å². The number of nitrogens with two attached hydrogens (primary N) is 1. The number of piperidine rings is 1. The standard InChI is InChI=1S/C23H25N3O4/c1-28-19-8-7-15(13-20(19)29-2)22(27)26-11-9-23(10-12-26)17(14-24)21(25)16-5-3-4-6-18(16)30-23/h3-8,13-14,24H,9-12,25H2,1-2H3. The van der Waals surface area contributed by atoms with Crippen molar-refractivity contribution in [1.82, 2.24) is 4.90 Å². The van der Waals surface area contributed by atoms with E-state index in [1.807, 2.05) is 24.3 Å². The fourth-order valence-electron chi connectivity index (χ4n) is 4.24. The highest BCUT2D eigenvalue weighted by molar-refractivity contribution is 5.96. The van der Waals surface area contributed by atoms with Gasteiger partial charge in [0.05, 0.1) is 19.9 Å². The van der Waals surface area contributed by atoms with Crippen molar-refractivity contribution in [2.24, 2.45) is 5.73 Å². The Morgan fingerprint density at radius 1 is 1.13 bits per heavy atom. The second-order valence-electron chi connectivity index (χ2n) is 7.43. The Hall–Kier alpha value is -3.48. The number of amides is 1. The molecule has 0 atom stereocenters. The molecule has 1 saturated heterocycles. The van der Waals surface area contributed by atoms with E-state index < -0.39 is 5.60 Å². The fraction of sp³-hybridized carbons (Fsp3) is 0.304. The van der Waals surface area contributed by atoms with Crippen LogP contribution < -0.4 is 19.9 Å². The molecule has 2 heterocycles. The van der Waals surface area contributed by atoms with E-state index in [-0.39, 0.29) is 5.91 Å². The van der Waals surface area contributed by atoms with Crippen LogP contribution in [0.1, 0.15) is 28.8 Å². The maximum atomic E-state index is 13.1. The minimum atomic E-state index is -0.686. The average Bonchev–Trinajstić information content (AvgIpc) is 2.79. The van der Waals surface area contributed by atoms with E-state index in [4.69, 9.17) is 25.4 Å². The summed E-state index contributed by atoms with van der Waals surface area (Å²) in [6.07, 6.45) is 2.41. The van der Waals surface area contributed by atoms with Gasteiger partial charge in [-0.05, 0) is 30.3 Å². The Morgan fingerprint density at radius 3 is 2.50 bits per heavy atom. The number of rotatable bonds is 4. The zero-order chi connectivity index (χ0) is 21.3. The number of likely N-dealkylation sites (tertiary alicyclic amines) is 1. The lowest BCUT2D eigenvalue weighted by atomic mass is 9.80. The van der Waals surface area contributed by atoms with Gasteiger partial charge in [-0.15, -0.1) is 0 Å². The molecular formula is C23H25N3O4. The van der Waals surface area contributed by atoms with Gasteiger partial charge in [-0.25, -0.2) is 0 Å². The Kier molecular flexibility index (Phi) is 5.11. The van der Waals surface area contributed by atoms with Gasteiger partial charge in [-0.2, -0.15) is 0 Å². The van der Waals surface area contributed by atoms with Crippen LogP contribution in [0.3, 0.4) is 0 Å². The molecule has 3 N–H and O–H groups in total. The number of carbonyl (C=O) groups excluding carboxylic acids is 1. The summed E-state index contributed by atoms with van der Waals surface area (Å²) in [5.74, 6) is 1.75. The normalized spacial score (nSPS) is 17.2. The number of methoxy groups -OCH3 is 2. The molecular weight excluding hydrogens is 382 g/mol. The van der Waals surface area contributed by atoms with Gasteiger partial charge in [-0.3, -0.25) is 4.79 Å². The van der Waals surface area contributed by atoms with Crippen LogP contribution in [-0.4, -0.2) is 49.9 Å². The number of hydrogen-bond acceptors (Lipinski definition) is 6. The van der Waals surface area contributed by atoms with Crippen molar-refractivity contribution in [2.75, 3.05) is 27.3 Å². The first-order valence-electron chi connectivity index (χ1n) is 9.83. The lowest BCUT2D eigenvalue weighted by Crippen LogP contribution is -2.52. The van der Waals surface area contributed by atoms with Crippen molar-refractivity contribution in [3.8, 4) is 17.2 Å². The molecule has 0 aromatic heterocycles. The van der Waals surface area contributed by atoms with Crippen LogP contribution in [0, 0.1) is 5.41 Å². The zero-order valence-electron chi connectivity index (χ0n) is 17.1. The van der Waals surface area contributed by atoms with Crippen LogP contribution in [0.2, 0.25) is 0 Å². The Balaban J connectivity index is 1.56. The molecule has 2 aromatic carbocycles. The second kappa shape index (κ2) is 7.74. The number of hydrogen-bond donors (Lipinski definition) is 2. The van der Waals surface area contributed by atoms with Crippen molar-refractivity contribution in [1.29, 1.82) is 5.41 Å². The monoisotopic (exact) mass is 407 g/mol. The quantitative estimate of drug-likeness (QED) is 0.759. The Morgan fingerprint density at radius 2 is 1.83 bits per heavy atom. The summed E-state index contributed by atoms with van der Waals surface area (Å²) in [5.41, 5.74) is 8.32. The van der Waals surface area contributed by atoms with Gasteiger partial charge >= 0.3 is 0 Å². The van der Waals surface area contributed by atoms with Gasteiger partial charge < -0.3 is 30.3 Å². The molecule has 0 radical (unpaired) electrons. The van der Waals surface area contributed by atoms with Gasteiger partial charge in [-0.1, -0.05) is 12.1 Å². The van der Waals surface area contributed by atoms with Crippen LogP contribution in [0.25, 0.3) is 5.70 Å². The highest BCUT2D eigenvalue weighted by Crippen LogP contribution is 2.43. The maximum absolute atomic E-state index is 13.1. The third-order valence-corrected chi connectivity index (χ3v) is 5.90. The van der Waals surface area contributed by atoms with E-state index in [0.29, 0.717) is 54.3 Å². The van der Waals surface area contributed by atoms with Crippen LogP contribution in [0.15, 0.2) is 48.0 Å². The minimum Gasteiger partial charge on any atom is -0.493 e. The summed E-state index contributed by atoms with van der Waals surface area (Å²) in [7, 11) is 3.11. The topological polar surface area (TPSA) is 97.9 Å². The molecule has 2 aliphatic heterocycles. The Labute approximate surface area is 175 Å². The largest absolute Gasteiger partial charge is 0.493 e. The summed E-state index contributed by atoms with van der Waals surface area (Å²) in [5, 5.41) is 7.93. The highest BCUT2D eigenvalue weighted by Gasteiger charge is 2.44. The molecule has 1 fully saturated rings. The number of para-hydroxylation sites is 1. The summed E-state index contributed by atoms with van der Waals surface area (Å²) in [6, 6.07) is 12.8. The van der Waals surface area contributed by atoms with Crippen LogP contribution >= 0.6 is 0 Å². The average molecular weight is 407 g/mol. The second-order valence-corrected chi connectivity index (χ2v) is 7.43. The predicted octanol–water partition coefficient (Wildman–Crippen LogP) is 3.09.